The number of nitrogens with one attached hydrogen (secondary N) is 2. The molecule has 6 nitrogen and oxygen atoms in total. The standard InChI is InChI=1S/C16H25N5O/c1-4-5-6-10(2)15-18-9-13-16(22)19-14(20-21(13)15)12-8-17-7-11(12)3/h9-12,17H,4-8H2,1-3H3,(H,19,20,22). The van der Waals surface area contributed by atoms with Crippen LogP contribution in [-0.2, 0) is 0 Å². The molecule has 1 fully saturated rings. The van der Waals surface area contributed by atoms with E-state index in [-0.39, 0.29) is 11.5 Å². The topological polar surface area (TPSA) is 75.1 Å². The third-order valence-electron chi connectivity index (χ3n) is 4.75. The summed E-state index contributed by atoms with van der Waals surface area (Å²) >= 11 is 0. The molecule has 0 spiro atoms. The minimum absolute atomic E-state index is 0.0921. The van der Waals surface area contributed by atoms with Gasteiger partial charge in [-0.3, -0.25) is 4.79 Å². The van der Waals surface area contributed by atoms with E-state index in [9.17, 15) is 4.79 Å². The molecule has 6 heteroatoms. The fourth-order valence-corrected chi connectivity index (χ4v) is 3.25. The lowest BCUT2D eigenvalue weighted by Gasteiger charge is -2.14. The van der Waals surface area contributed by atoms with E-state index >= 15 is 0 Å². The molecule has 3 heterocycles. The molecule has 22 heavy (non-hydrogen) atoms. The first-order valence-corrected chi connectivity index (χ1v) is 8.30. The lowest BCUT2D eigenvalue weighted by Crippen LogP contribution is -2.22. The molecule has 120 valence electrons. The fraction of sp³-hybridized carbons (Fsp3) is 0.688. The predicted octanol–water partition coefficient (Wildman–Crippen LogP) is 2.03. The van der Waals surface area contributed by atoms with Crippen LogP contribution < -0.4 is 10.9 Å². The van der Waals surface area contributed by atoms with Gasteiger partial charge in [0.15, 0.2) is 5.52 Å². The van der Waals surface area contributed by atoms with Gasteiger partial charge in [0.25, 0.3) is 5.56 Å². The molecule has 0 aromatic carbocycles. The average molecular weight is 303 g/mol. The van der Waals surface area contributed by atoms with E-state index in [0.717, 1.165) is 44.0 Å². The van der Waals surface area contributed by atoms with Crippen molar-refractivity contribution in [2.24, 2.45) is 5.92 Å². The van der Waals surface area contributed by atoms with Crippen LogP contribution in [0.15, 0.2) is 11.0 Å². The van der Waals surface area contributed by atoms with Crippen molar-refractivity contribution in [3.63, 3.8) is 0 Å². The lowest BCUT2D eigenvalue weighted by molar-refractivity contribution is 0.523. The summed E-state index contributed by atoms with van der Waals surface area (Å²) in [6.45, 7) is 8.37. The van der Waals surface area contributed by atoms with Gasteiger partial charge in [-0.2, -0.15) is 5.10 Å². The van der Waals surface area contributed by atoms with Gasteiger partial charge in [-0.25, -0.2) is 9.50 Å². The zero-order chi connectivity index (χ0) is 15.7. The van der Waals surface area contributed by atoms with Gasteiger partial charge in [-0.1, -0.05) is 33.6 Å². The van der Waals surface area contributed by atoms with E-state index in [1.54, 1.807) is 10.7 Å². The van der Waals surface area contributed by atoms with Gasteiger partial charge in [-0.15, -0.1) is 0 Å². The van der Waals surface area contributed by atoms with Crippen LogP contribution in [0, 0.1) is 5.92 Å². The van der Waals surface area contributed by atoms with Gasteiger partial charge in [0.1, 0.15) is 11.6 Å². The van der Waals surface area contributed by atoms with Crippen molar-refractivity contribution < 1.29 is 0 Å². The highest BCUT2D eigenvalue weighted by Crippen LogP contribution is 2.25. The third kappa shape index (κ3) is 2.67. The Morgan fingerprint density at radius 2 is 2.27 bits per heavy atom. The molecule has 0 radical (unpaired) electrons. The van der Waals surface area contributed by atoms with Crippen LogP contribution in [0.3, 0.4) is 0 Å². The highest BCUT2D eigenvalue weighted by Gasteiger charge is 2.28. The van der Waals surface area contributed by atoms with E-state index in [1.165, 1.54) is 0 Å². The average Bonchev–Trinajstić information content (AvgIpc) is 3.11. The van der Waals surface area contributed by atoms with Crippen LogP contribution in [0.4, 0.5) is 0 Å². The smallest absolute Gasteiger partial charge is 0.276 e. The molecular weight excluding hydrogens is 278 g/mol. The highest BCUT2D eigenvalue weighted by molar-refractivity contribution is 5.42. The summed E-state index contributed by atoms with van der Waals surface area (Å²) < 4.78 is 1.76. The predicted molar refractivity (Wildman–Crippen MR) is 86.3 cm³/mol. The van der Waals surface area contributed by atoms with Gasteiger partial charge in [0.2, 0.25) is 0 Å². The lowest BCUT2D eigenvalue weighted by atomic mass is 9.97. The van der Waals surface area contributed by atoms with Crippen LogP contribution in [0.25, 0.3) is 5.52 Å². The fourth-order valence-electron chi connectivity index (χ4n) is 3.25. The normalized spacial score (nSPS) is 23.2. The Morgan fingerprint density at radius 1 is 1.45 bits per heavy atom. The number of hydrogen-bond acceptors (Lipinski definition) is 4. The molecule has 0 amide bonds. The van der Waals surface area contributed by atoms with E-state index in [1.807, 2.05) is 0 Å². The van der Waals surface area contributed by atoms with Crippen LogP contribution in [-0.4, -0.2) is 32.7 Å². The minimum atomic E-state index is -0.0921. The summed E-state index contributed by atoms with van der Waals surface area (Å²) in [6.07, 6.45) is 5.04. The number of nitrogens with zero attached hydrogens (tertiary/aromatic N) is 3. The zero-order valence-electron chi connectivity index (χ0n) is 13.6. The maximum Gasteiger partial charge on any atom is 0.276 e. The third-order valence-corrected chi connectivity index (χ3v) is 4.75. The number of aromatic amines is 1. The second-order valence-corrected chi connectivity index (χ2v) is 6.54. The summed E-state index contributed by atoms with van der Waals surface area (Å²) in [7, 11) is 0. The van der Waals surface area contributed by atoms with E-state index in [4.69, 9.17) is 5.10 Å². The molecule has 1 aliphatic rings. The molecule has 2 aromatic rings. The first kappa shape index (κ1) is 15.2. The van der Waals surface area contributed by atoms with Crippen molar-refractivity contribution in [3.05, 3.63) is 28.2 Å². The SMILES string of the molecule is CCCCC(C)c1ncc2c(=O)[nH]c(C3CNCC3C)nn12. The van der Waals surface area contributed by atoms with E-state index in [0.29, 0.717) is 17.4 Å². The summed E-state index contributed by atoms with van der Waals surface area (Å²) in [5, 5.41) is 8.08. The number of unbranched alkanes of at least 4 members (excludes halogenated alkanes) is 1. The second kappa shape index (κ2) is 6.20. The van der Waals surface area contributed by atoms with Gasteiger partial charge in [0, 0.05) is 18.4 Å². The molecule has 0 aliphatic carbocycles. The Bertz CT molecular complexity index is 704. The van der Waals surface area contributed by atoms with Crippen molar-refractivity contribution in [2.45, 2.75) is 51.9 Å². The molecule has 0 saturated carbocycles. The summed E-state index contributed by atoms with van der Waals surface area (Å²) in [6, 6.07) is 0. The Balaban J connectivity index is 2.01. The Morgan fingerprint density at radius 3 is 2.95 bits per heavy atom. The number of hydrogen-bond donors (Lipinski definition) is 2. The van der Waals surface area contributed by atoms with Crippen molar-refractivity contribution in [3.8, 4) is 0 Å². The minimum Gasteiger partial charge on any atom is -0.316 e. The van der Waals surface area contributed by atoms with E-state index in [2.05, 4.69) is 36.1 Å². The molecule has 1 aliphatic heterocycles. The van der Waals surface area contributed by atoms with Gasteiger partial charge in [0.05, 0.1) is 6.20 Å². The quantitative estimate of drug-likeness (QED) is 0.886. The molecule has 2 N–H and O–H groups in total. The second-order valence-electron chi connectivity index (χ2n) is 6.54. The highest BCUT2D eigenvalue weighted by atomic mass is 16.1. The molecule has 2 aromatic heterocycles. The van der Waals surface area contributed by atoms with Crippen LogP contribution in [0.1, 0.15) is 63.5 Å². The number of aromatic nitrogens is 4. The first-order chi connectivity index (χ1) is 10.6. The monoisotopic (exact) mass is 303 g/mol. The molecular formula is C16H25N5O. The largest absolute Gasteiger partial charge is 0.316 e. The van der Waals surface area contributed by atoms with Crippen molar-refractivity contribution >= 4 is 5.52 Å². The molecule has 3 rings (SSSR count). The van der Waals surface area contributed by atoms with Crippen LogP contribution in [0.2, 0.25) is 0 Å². The van der Waals surface area contributed by atoms with Gasteiger partial charge in [-0.05, 0) is 18.9 Å². The van der Waals surface area contributed by atoms with Crippen molar-refractivity contribution in [2.75, 3.05) is 13.1 Å². The number of fused-ring (bicyclic) bond motifs is 1. The number of H-pyrrole nitrogens is 1. The molecule has 0 bridgehead atoms. The first-order valence-electron chi connectivity index (χ1n) is 8.30. The van der Waals surface area contributed by atoms with Crippen molar-refractivity contribution in [1.29, 1.82) is 0 Å². The van der Waals surface area contributed by atoms with Crippen LogP contribution >= 0.6 is 0 Å². The van der Waals surface area contributed by atoms with Gasteiger partial charge < -0.3 is 10.3 Å². The summed E-state index contributed by atoms with van der Waals surface area (Å²) in [5.74, 6) is 2.72. The maximum absolute atomic E-state index is 12.3. The van der Waals surface area contributed by atoms with Crippen molar-refractivity contribution in [1.82, 2.24) is 24.9 Å². The zero-order valence-corrected chi connectivity index (χ0v) is 13.6. The molecule has 3 unspecified atom stereocenters. The van der Waals surface area contributed by atoms with Crippen LogP contribution in [0.5, 0.6) is 0 Å². The molecule has 1 saturated heterocycles. The summed E-state index contributed by atoms with van der Waals surface area (Å²) in [5.41, 5.74) is 0.450. The van der Waals surface area contributed by atoms with Gasteiger partial charge >= 0.3 is 0 Å². The number of rotatable bonds is 5. The Hall–Kier alpha value is -1.69. The Kier molecular flexibility index (Phi) is 4.29. The summed E-state index contributed by atoms with van der Waals surface area (Å²) in [4.78, 5) is 19.7. The Labute approximate surface area is 130 Å². The molecule has 3 atom stereocenters. The number of imidazole rings is 1. The maximum atomic E-state index is 12.3. The van der Waals surface area contributed by atoms with E-state index < -0.39 is 0 Å².